The van der Waals surface area contributed by atoms with Crippen molar-refractivity contribution in [3.8, 4) is 0 Å². The van der Waals surface area contributed by atoms with Gasteiger partial charge in [0.2, 0.25) is 0 Å². The summed E-state index contributed by atoms with van der Waals surface area (Å²) in [5, 5.41) is 0. The molecule has 0 saturated heterocycles. The number of aromatic nitrogens is 1. The second-order valence-electron chi connectivity index (χ2n) is 6.76. The summed E-state index contributed by atoms with van der Waals surface area (Å²) in [5.74, 6) is -0.591. The molecule has 2 aromatic carbocycles. The van der Waals surface area contributed by atoms with Gasteiger partial charge in [0.05, 0.1) is 26.4 Å². The first-order valence-corrected chi connectivity index (χ1v) is 11.8. The molecule has 28 heavy (non-hydrogen) atoms. The molecule has 0 bridgehead atoms. The third kappa shape index (κ3) is 3.82. The summed E-state index contributed by atoms with van der Waals surface area (Å²) < 4.78 is 27.8. The number of amides is 1. The maximum Gasteiger partial charge on any atom is 0.280 e. The Hall–Kier alpha value is -2.25. The lowest BCUT2D eigenvalue weighted by molar-refractivity contribution is 0.0994. The van der Waals surface area contributed by atoms with E-state index in [2.05, 4.69) is 37.9 Å². The van der Waals surface area contributed by atoms with Crippen molar-refractivity contribution >= 4 is 37.3 Å². The number of aryl methyl sites for hydroxylation is 3. The van der Waals surface area contributed by atoms with E-state index < -0.39 is 15.7 Å². The van der Waals surface area contributed by atoms with Gasteiger partial charge in [0.1, 0.15) is 0 Å². The van der Waals surface area contributed by atoms with Crippen LogP contribution in [0.1, 0.15) is 41.8 Å². The monoisotopic (exact) mass is 416 g/mol. The normalized spacial score (nSPS) is 12.6. The van der Waals surface area contributed by atoms with E-state index in [0.29, 0.717) is 4.80 Å². The molecule has 0 unspecified atom stereocenters. The molecule has 0 radical (unpaired) electrons. The maximum atomic E-state index is 12.9. The molecule has 0 fully saturated rings. The van der Waals surface area contributed by atoms with Crippen LogP contribution in [-0.4, -0.2) is 24.6 Å². The van der Waals surface area contributed by atoms with Gasteiger partial charge in [-0.2, -0.15) is 4.99 Å². The minimum absolute atomic E-state index is 0.0427. The Morgan fingerprint density at radius 1 is 1.11 bits per heavy atom. The van der Waals surface area contributed by atoms with Crippen molar-refractivity contribution in [2.24, 2.45) is 4.99 Å². The molecular formula is C21H24N2O3S2. The summed E-state index contributed by atoms with van der Waals surface area (Å²) in [6.07, 6.45) is 0.904. The smallest absolute Gasteiger partial charge is 0.280 e. The van der Waals surface area contributed by atoms with E-state index in [4.69, 9.17) is 0 Å². The van der Waals surface area contributed by atoms with E-state index in [0.717, 1.165) is 23.2 Å². The van der Waals surface area contributed by atoms with Crippen molar-refractivity contribution in [2.75, 3.05) is 5.75 Å². The summed E-state index contributed by atoms with van der Waals surface area (Å²) in [5.41, 5.74) is 3.55. The number of sulfone groups is 1. The van der Waals surface area contributed by atoms with Crippen LogP contribution in [0.3, 0.4) is 0 Å². The first kappa shape index (κ1) is 20.5. The van der Waals surface area contributed by atoms with E-state index in [1.54, 1.807) is 19.1 Å². The predicted octanol–water partition coefficient (Wildman–Crippen LogP) is 4.26. The average Bonchev–Trinajstić information content (AvgIpc) is 2.98. The second kappa shape index (κ2) is 8.01. The number of carbonyl (C=O) groups is 1. The topological polar surface area (TPSA) is 68.5 Å². The van der Waals surface area contributed by atoms with Crippen LogP contribution in [0.4, 0.5) is 0 Å². The number of thiazole rings is 1. The van der Waals surface area contributed by atoms with Crippen molar-refractivity contribution < 1.29 is 13.2 Å². The zero-order valence-electron chi connectivity index (χ0n) is 16.5. The Labute approximate surface area is 169 Å². The molecule has 3 rings (SSSR count). The molecule has 148 valence electrons. The van der Waals surface area contributed by atoms with Crippen LogP contribution in [0, 0.1) is 13.8 Å². The van der Waals surface area contributed by atoms with E-state index in [1.165, 1.54) is 34.6 Å². The lowest BCUT2D eigenvalue weighted by Gasteiger charge is -2.07. The standard InChI is InChI=1S/C21H24N2O3S2/c1-5-11-23-17-12-14(3)15(4)13-18(17)27-21(23)22-20(24)16-9-7-8-10-19(16)28(25,26)6-2/h7-10,12-13H,5-6,11H2,1-4H3. The summed E-state index contributed by atoms with van der Waals surface area (Å²) in [6.45, 7) is 8.51. The number of hydrogen-bond acceptors (Lipinski definition) is 4. The highest BCUT2D eigenvalue weighted by Gasteiger charge is 2.20. The van der Waals surface area contributed by atoms with Crippen LogP contribution in [0.25, 0.3) is 10.2 Å². The number of fused-ring (bicyclic) bond motifs is 1. The summed E-state index contributed by atoms with van der Waals surface area (Å²) in [7, 11) is -3.51. The molecule has 7 heteroatoms. The number of nitrogens with zero attached hydrogens (tertiary/aromatic N) is 2. The number of benzene rings is 2. The van der Waals surface area contributed by atoms with Gasteiger partial charge in [-0.05, 0) is 55.7 Å². The molecule has 0 spiro atoms. The summed E-state index contributed by atoms with van der Waals surface area (Å²) in [4.78, 5) is 17.9. The van der Waals surface area contributed by atoms with E-state index >= 15 is 0 Å². The molecule has 0 atom stereocenters. The van der Waals surface area contributed by atoms with Crippen molar-refractivity contribution in [1.82, 2.24) is 4.57 Å². The van der Waals surface area contributed by atoms with E-state index in [9.17, 15) is 13.2 Å². The molecular weight excluding hydrogens is 392 g/mol. The number of carbonyl (C=O) groups excluding carboxylic acids is 1. The van der Waals surface area contributed by atoms with Gasteiger partial charge in [0.15, 0.2) is 14.6 Å². The quantitative estimate of drug-likeness (QED) is 0.624. The zero-order chi connectivity index (χ0) is 20.5. The van der Waals surface area contributed by atoms with E-state index in [1.807, 2.05) is 4.57 Å². The van der Waals surface area contributed by atoms with Crippen LogP contribution in [0.5, 0.6) is 0 Å². The number of hydrogen-bond donors (Lipinski definition) is 0. The fourth-order valence-corrected chi connectivity index (χ4v) is 5.29. The average molecular weight is 417 g/mol. The van der Waals surface area contributed by atoms with Gasteiger partial charge in [0, 0.05) is 6.54 Å². The molecule has 0 aliphatic rings. The maximum absolute atomic E-state index is 12.9. The van der Waals surface area contributed by atoms with Crippen LogP contribution < -0.4 is 4.80 Å². The Kier molecular flexibility index (Phi) is 5.86. The highest BCUT2D eigenvalue weighted by atomic mass is 32.2. The Morgan fingerprint density at radius 2 is 1.79 bits per heavy atom. The first-order valence-electron chi connectivity index (χ1n) is 9.30. The highest BCUT2D eigenvalue weighted by Crippen LogP contribution is 2.23. The second-order valence-corrected chi connectivity index (χ2v) is 10.0. The summed E-state index contributed by atoms with van der Waals surface area (Å²) >= 11 is 1.45. The SMILES string of the molecule is CCCn1c(=NC(=O)c2ccccc2S(=O)(=O)CC)sc2cc(C)c(C)cc21. The van der Waals surface area contributed by atoms with Crippen LogP contribution >= 0.6 is 11.3 Å². The van der Waals surface area contributed by atoms with Crippen LogP contribution in [0.15, 0.2) is 46.3 Å². The molecule has 1 amide bonds. The fraction of sp³-hybridized carbons (Fsp3) is 0.333. The molecule has 1 heterocycles. The van der Waals surface area contributed by atoms with Gasteiger partial charge in [-0.15, -0.1) is 0 Å². The van der Waals surface area contributed by atoms with Gasteiger partial charge >= 0.3 is 0 Å². The van der Waals surface area contributed by atoms with Gasteiger partial charge in [-0.1, -0.05) is 37.3 Å². The van der Waals surface area contributed by atoms with Crippen LogP contribution in [-0.2, 0) is 16.4 Å². The predicted molar refractivity (Wildman–Crippen MR) is 114 cm³/mol. The van der Waals surface area contributed by atoms with E-state index in [-0.39, 0.29) is 16.2 Å². The van der Waals surface area contributed by atoms with Crippen LogP contribution in [0.2, 0.25) is 0 Å². The lowest BCUT2D eigenvalue weighted by Crippen LogP contribution is -2.18. The number of rotatable bonds is 5. The highest BCUT2D eigenvalue weighted by molar-refractivity contribution is 7.91. The van der Waals surface area contributed by atoms with Crippen molar-refractivity contribution in [2.45, 2.75) is 45.6 Å². The van der Waals surface area contributed by atoms with Gasteiger partial charge in [-0.25, -0.2) is 8.42 Å². The zero-order valence-corrected chi connectivity index (χ0v) is 18.2. The molecule has 3 aromatic rings. The molecule has 1 aromatic heterocycles. The Morgan fingerprint density at radius 3 is 2.46 bits per heavy atom. The largest absolute Gasteiger partial charge is 0.316 e. The van der Waals surface area contributed by atoms with Crippen molar-refractivity contribution in [1.29, 1.82) is 0 Å². The molecule has 0 aliphatic heterocycles. The fourth-order valence-electron chi connectivity index (χ4n) is 3.06. The minimum atomic E-state index is -3.51. The van der Waals surface area contributed by atoms with Gasteiger partial charge < -0.3 is 4.57 Å². The Bertz CT molecular complexity index is 1220. The third-order valence-corrected chi connectivity index (χ3v) is 7.60. The minimum Gasteiger partial charge on any atom is -0.316 e. The van der Waals surface area contributed by atoms with Gasteiger partial charge in [0.25, 0.3) is 5.91 Å². The molecule has 0 N–H and O–H groups in total. The molecule has 5 nitrogen and oxygen atoms in total. The summed E-state index contributed by atoms with van der Waals surface area (Å²) in [6, 6.07) is 10.5. The Balaban J connectivity index is 2.21. The van der Waals surface area contributed by atoms with Gasteiger partial charge in [-0.3, -0.25) is 4.79 Å². The lowest BCUT2D eigenvalue weighted by atomic mass is 10.1. The van der Waals surface area contributed by atoms with Crippen molar-refractivity contribution in [3.05, 3.63) is 57.9 Å². The van der Waals surface area contributed by atoms with Crippen molar-refractivity contribution in [3.63, 3.8) is 0 Å². The molecule has 0 aliphatic carbocycles. The first-order chi connectivity index (χ1) is 13.3. The third-order valence-electron chi connectivity index (χ3n) is 4.78. The molecule has 0 saturated carbocycles.